The highest BCUT2D eigenvalue weighted by atomic mass is 32.1. The van der Waals surface area contributed by atoms with Gasteiger partial charge in [-0.15, -0.1) is 0 Å². The minimum absolute atomic E-state index is 0.198. The van der Waals surface area contributed by atoms with Crippen LogP contribution in [0.5, 0.6) is 5.75 Å². The molecule has 0 radical (unpaired) electrons. The van der Waals surface area contributed by atoms with Gasteiger partial charge in [-0.2, -0.15) is 0 Å². The number of non-ortho nitro benzene ring substituents is 1. The first-order valence-electron chi connectivity index (χ1n) is 6.68. The van der Waals surface area contributed by atoms with Crippen LogP contribution in [0.1, 0.15) is 0 Å². The lowest BCUT2D eigenvalue weighted by molar-refractivity contribution is -0.384. The molecule has 2 rings (SSSR count). The Kier molecular flexibility index (Phi) is 5.74. The Labute approximate surface area is 141 Å². The fraction of sp³-hybridized carbons (Fsp3) is 0.0667. The Morgan fingerprint density at radius 2 is 1.96 bits per heavy atom. The van der Waals surface area contributed by atoms with Crippen LogP contribution in [-0.2, 0) is 4.79 Å². The van der Waals surface area contributed by atoms with Gasteiger partial charge in [-0.1, -0.05) is 18.2 Å². The second kappa shape index (κ2) is 7.97. The second-order valence-corrected chi connectivity index (χ2v) is 4.93. The number of nitrogens with zero attached hydrogens (tertiary/aromatic N) is 1. The molecule has 0 aromatic heterocycles. The summed E-state index contributed by atoms with van der Waals surface area (Å²) in [6, 6.07) is 11.6. The Bertz CT molecular complexity index is 771. The first-order valence-corrected chi connectivity index (χ1v) is 7.09. The summed E-state index contributed by atoms with van der Waals surface area (Å²) in [5, 5.41) is 15.2. The van der Waals surface area contributed by atoms with Crippen LogP contribution in [0.15, 0.2) is 48.5 Å². The fourth-order valence-electron chi connectivity index (χ4n) is 1.70. The maximum Gasteiger partial charge on any atom is 0.271 e. The van der Waals surface area contributed by atoms with Gasteiger partial charge < -0.3 is 10.1 Å². The van der Waals surface area contributed by atoms with Gasteiger partial charge in [0.15, 0.2) is 11.7 Å². The number of para-hydroxylation sites is 1. The molecule has 0 aliphatic heterocycles. The molecule has 0 spiro atoms. The molecule has 24 heavy (non-hydrogen) atoms. The van der Waals surface area contributed by atoms with E-state index in [1.807, 2.05) is 0 Å². The average molecular weight is 349 g/mol. The number of rotatable bonds is 5. The summed E-state index contributed by atoms with van der Waals surface area (Å²) in [4.78, 5) is 21.7. The highest BCUT2D eigenvalue weighted by Gasteiger charge is 2.13. The predicted octanol–water partition coefficient (Wildman–Crippen LogP) is 2.63. The van der Waals surface area contributed by atoms with Gasteiger partial charge in [-0.05, 0) is 30.4 Å². The molecule has 0 aliphatic rings. The number of hydrogen-bond donors (Lipinski definition) is 2. The number of carbonyl (C=O) groups is 1. The van der Waals surface area contributed by atoms with E-state index >= 15 is 0 Å². The zero-order valence-corrected chi connectivity index (χ0v) is 13.0. The largest absolute Gasteiger partial charge is 0.484 e. The van der Waals surface area contributed by atoms with Gasteiger partial charge in [0.05, 0.1) is 10.6 Å². The van der Waals surface area contributed by atoms with Crippen molar-refractivity contribution in [3.8, 4) is 5.75 Å². The van der Waals surface area contributed by atoms with Crippen molar-refractivity contribution < 1.29 is 18.8 Å². The van der Waals surface area contributed by atoms with Gasteiger partial charge >= 0.3 is 0 Å². The number of nitrogens with one attached hydrogen (secondary N) is 2. The third kappa shape index (κ3) is 4.99. The molecule has 2 aromatic rings. The van der Waals surface area contributed by atoms with Crippen molar-refractivity contribution in [2.75, 3.05) is 11.9 Å². The monoisotopic (exact) mass is 349 g/mol. The molecule has 0 saturated heterocycles. The molecule has 9 heteroatoms. The van der Waals surface area contributed by atoms with Crippen LogP contribution in [0.2, 0.25) is 0 Å². The summed E-state index contributed by atoms with van der Waals surface area (Å²) >= 11 is 4.88. The number of carbonyl (C=O) groups excluding carboxylic acids is 1. The smallest absolute Gasteiger partial charge is 0.271 e. The SMILES string of the molecule is O=C(COc1ccccc1)NC(=S)Nc1cc([N+](=O)[O-])ccc1F. The number of thiocarbonyl (C=S) groups is 1. The Morgan fingerprint density at radius 1 is 1.25 bits per heavy atom. The van der Waals surface area contributed by atoms with Crippen molar-refractivity contribution in [1.82, 2.24) is 5.32 Å². The van der Waals surface area contributed by atoms with E-state index in [1.54, 1.807) is 30.3 Å². The van der Waals surface area contributed by atoms with Gasteiger partial charge in [0, 0.05) is 12.1 Å². The minimum Gasteiger partial charge on any atom is -0.484 e. The lowest BCUT2D eigenvalue weighted by Gasteiger charge is -2.11. The normalized spacial score (nSPS) is 9.88. The Balaban J connectivity index is 1.90. The van der Waals surface area contributed by atoms with Crippen molar-refractivity contribution in [2.45, 2.75) is 0 Å². The molecule has 0 unspecified atom stereocenters. The highest BCUT2D eigenvalue weighted by molar-refractivity contribution is 7.80. The molecule has 0 bridgehead atoms. The molecule has 124 valence electrons. The van der Waals surface area contributed by atoms with Crippen molar-refractivity contribution >= 4 is 34.6 Å². The molecule has 2 aromatic carbocycles. The van der Waals surface area contributed by atoms with Crippen molar-refractivity contribution in [2.24, 2.45) is 0 Å². The zero-order chi connectivity index (χ0) is 17.5. The molecule has 1 amide bonds. The van der Waals surface area contributed by atoms with E-state index < -0.39 is 16.6 Å². The van der Waals surface area contributed by atoms with Crippen LogP contribution in [0.4, 0.5) is 15.8 Å². The average Bonchev–Trinajstić information content (AvgIpc) is 2.55. The standard InChI is InChI=1S/C15H12FN3O4S/c16-12-7-6-10(19(21)22)8-13(12)17-15(24)18-14(20)9-23-11-4-2-1-3-5-11/h1-8H,9H2,(H2,17,18,20,24). The molecule has 0 heterocycles. The summed E-state index contributed by atoms with van der Waals surface area (Å²) in [7, 11) is 0. The Hall–Kier alpha value is -3.07. The third-order valence-electron chi connectivity index (χ3n) is 2.78. The van der Waals surface area contributed by atoms with E-state index in [4.69, 9.17) is 17.0 Å². The second-order valence-electron chi connectivity index (χ2n) is 4.53. The molecule has 0 fully saturated rings. The number of hydrogen-bond acceptors (Lipinski definition) is 5. The third-order valence-corrected chi connectivity index (χ3v) is 2.98. The van der Waals surface area contributed by atoms with E-state index in [2.05, 4.69) is 10.6 Å². The maximum atomic E-state index is 13.6. The van der Waals surface area contributed by atoms with E-state index in [0.29, 0.717) is 5.75 Å². The quantitative estimate of drug-likeness (QED) is 0.490. The number of anilines is 1. The number of halogens is 1. The first kappa shape index (κ1) is 17.3. The van der Waals surface area contributed by atoms with Gasteiger partial charge in [0.2, 0.25) is 0 Å². The van der Waals surface area contributed by atoms with Gasteiger partial charge in [0.1, 0.15) is 11.6 Å². The molecular weight excluding hydrogens is 337 g/mol. The highest BCUT2D eigenvalue weighted by Crippen LogP contribution is 2.21. The van der Waals surface area contributed by atoms with E-state index in [9.17, 15) is 19.3 Å². The topological polar surface area (TPSA) is 93.5 Å². The number of nitro groups is 1. The van der Waals surface area contributed by atoms with Crippen LogP contribution in [-0.4, -0.2) is 22.5 Å². The molecule has 0 aliphatic carbocycles. The van der Waals surface area contributed by atoms with Gasteiger partial charge in [-0.3, -0.25) is 20.2 Å². The summed E-state index contributed by atoms with van der Waals surface area (Å²) in [5.74, 6) is -0.781. The summed E-state index contributed by atoms with van der Waals surface area (Å²) in [5.41, 5.74) is -0.515. The lowest BCUT2D eigenvalue weighted by atomic mass is 10.2. The fourth-order valence-corrected chi connectivity index (χ4v) is 1.93. The van der Waals surface area contributed by atoms with Crippen molar-refractivity contribution in [1.29, 1.82) is 0 Å². The van der Waals surface area contributed by atoms with Crippen LogP contribution in [0.25, 0.3) is 0 Å². The summed E-state index contributed by atoms with van der Waals surface area (Å²) in [6.07, 6.45) is 0. The van der Waals surface area contributed by atoms with Gasteiger partial charge in [-0.25, -0.2) is 4.39 Å². The first-order chi connectivity index (χ1) is 11.5. The predicted molar refractivity (Wildman–Crippen MR) is 89.4 cm³/mol. The number of nitro benzene ring substituents is 1. The molecule has 0 saturated carbocycles. The van der Waals surface area contributed by atoms with Gasteiger partial charge in [0.25, 0.3) is 11.6 Å². The number of ether oxygens (including phenoxy) is 1. The summed E-state index contributed by atoms with van der Waals surface area (Å²) in [6.45, 7) is -0.288. The zero-order valence-electron chi connectivity index (χ0n) is 12.2. The van der Waals surface area contributed by atoms with Crippen LogP contribution < -0.4 is 15.4 Å². The van der Waals surface area contributed by atoms with Crippen LogP contribution in [0.3, 0.4) is 0 Å². The molecule has 2 N–H and O–H groups in total. The molecular formula is C15H12FN3O4S. The number of amides is 1. The minimum atomic E-state index is -0.738. The lowest BCUT2D eigenvalue weighted by Crippen LogP contribution is -2.37. The maximum absolute atomic E-state index is 13.6. The Morgan fingerprint density at radius 3 is 2.62 bits per heavy atom. The van der Waals surface area contributed by atoms with E-state index in [0.717, 1.165) is 18.2 Å². The van der Waals surface area contributed by atoms with Crippen molar-refractivity contribution in [3.05, 3.63) is 64.5 Å². The number of benzene rings is 2. The van der Waals surface area contributed by atoms with Crippen molar-refractivity contribution in [3.63, 3.8) is 0 Å². The summed E-state index contributed by atoms with van der Waals surface area (Å²) < 4.78 is 18.8. The molecule has 7 nitrogen and oxygen atoms in total. The molecule has 0 atom stereocenters. The van der Waals surface area contributed by atoms with Crippen LogP contribution in [0, 0.1) is 15.9 Å². The van der Waals surface area contributed by atoms with E-state index in [-0.39, 0.29) is 23.1 Å². The van der Waals surface area contributed by atoms with E-state index in [1.165, 1.54) is 0 Å². The van der Waals surface area contributed by atoms with Crippen LogP contribution >= 0.6 is 12.2 Å².